The number of carbonyl (C=O) groups excluding carboxylic acids is 2. The molecule has 28 heavy (non-hydrogen) atoms. The van der Waals surface area contributed by atoms with Crippen LogP contribution in [-0.4, -0.2) is 18.9 Å². The van der Waals surface area contributed by atoms with E-state index >= 15 is 0 Å². The Labute approximate surface area is 164 Å². The Hall–Kier alpha value is -3.60. The van der Waals surface area contributed by atoms with Crippen molar-refractivity contribution in [2.45, 2.75) is 13.8 Å². The lowest BCUT2D eigenvalue weighted by atomic mass is 10.1. The van der Waals surface area contributed by atoms with Gasteiger partial charge in [0.25, 0.3) is 11.8 Å². The SMILES string of the molecule is COc1c(C)cccc1C(=O)Nc1ccc(NC(=O)c2cccc(C)c2)cc1. The van der Waals surface area contributed by atoms with Crippen LogP contribution in [0.4, 0.5) is 11.4 Å². The van der Waals surface area contributed by atoms with Crippen molar-refractivity contribution in [2.75, 3.05) is 17.7 Å². The first kappa shape index (κ1) is 19.2. The molecular weight excluding hydrogens is 352 g/mol. The number of para-hydroxylation sites is 1. The summed E-state index contributed by atoms with van der Waals surface area (Å²) in [7, 11) is 1.55. The van der Waals surface area contributed by atoms with Crippen LogP contribution in [0.5, 0.6) is 5.75 Å². The number of methoxy groups -OCH3 is 1. The van der Waals surface area contributed by atoms with Gasteiger partial charge in [-0.1, -0.05) is 29.8 Å². The number of nitrogens with one attached hydrogen (secondary N) is 2. The summed E-state index contributed by atoms with van der Waals surface area (Å²) < 4.78 is 5.34. The number of anilines is 2. The number of benzene rings is 3. The van der Waals surface area contributed by atoms with Crippen molar-refractivity contribution in [3.05, 3.63) is 89.0 Å². The second-order valence-corrected chi connectivity index (χ2v) is 6.51. The molecule has 5 nitrogen and oxygen atoms in total. The number of aryl methyl sites for hydroxylation is 2. The van der Waals surface area contributed by atoms with Gasteiger partial charge in [-0.05, 0) is 61.9 Å². The van der Waals surface area contributed by atoms with Gasteiger partial charge in [-0.2, -0.15) is 0 Å². The molecule has 0 bridgehead atoms. The van der Waals surface area contributed by atoms with E-state index in [1.165, 1.54) is 0 Å². The van der Waals surface area contributed by atoms with E-state index < -0.39 is 0 Å². The molecule has 0 saturated carbocycles. The van der Waals surface area contributed by atoms with E-state index in [1.807, 2.05) is 44.2 Å². The van der Waals surface area contributed by atoms with E-state index in [-0.39, 0.29) is 11.8 Å². The van der Waals surface area contributed by atoms with Gasteiger partial charge in [-0.25, -0.2) is 0 Å². The summed E-state index contributed by atoms with van der Waals surface area (Å²) in [5, 5.41) is 5.70. The van der Waals surface area contributed by atoms with Crippen LogP contribution in [0, 0.1) is 13.8 Å². The highest BCUT2D eigenvalue weighted by atomic mass is 16.5. The number of rotatable bonds is 5. The summed E-state index contributed by atoms with van der Waals surface area (Å²) in [5.41, 5.74) is 4.27. The standard InChI is InChI=1S/C23H22N2O3/c1-15-6-4-8-17(14-15)22(26)24-18-10-12-19(13-11-18)25-23(27)20-9-5-7-16(2)21(20)28-3/h4-14H,1-3H3,(H,24,26)(H,25,27). The highest BCUT2D eigenvalue weighted by Gasteiger charge is 2.14. The molecule has 0 unspecified atom stereocenters. The highest BCUT2D eigenvalue weighted by Crippen LogP contribution is 2.24. The van der Waals surface area contributed by atoms with E-state index in [4.69, 9.17) is 4.74 Å². The molecule has 3 aromatic rings. The van der Waals surface area contributed by atoms with Crippen LogP contribution < -0.4 is 15.4 Å². The maximum absolute atomic E-state index is 12.6. The minimum absolute atomic E-state index is 0.176. The molecule has 0 aliphatic carbocycles. The van der Waals surface area contributed by atoms with Crippen LogP contribution >= 0.6 is 0 Å². The van der Waals surface area contributed by atoms with Crippen molar-refractivity contribution < 1.29 is 14.3 Å². The van der Waals surface area contributed by atoms with E-state index in [1.54, 1.807) is 43.5 Å². The first-order valence-corrected chi connectivity index (χ1v) is 8.91. The molecular formula is C23H22N2O3. The molecule has 0 atom stereocenters. The summed E-state index contributed by atoms with van der Waals surface area (Å²) in [6.45, 7) is 3.83. The molecule has 0 aliphatic rings. The predicted molar refractivity (Wildman–Crippen MR) is 111 cm³/mol. The van der Waals surface area contributed by atoms with Gasteiger partial charge in [0.05, 0.1) is 12.7 Å². The summed E-state index contributed by atoms with van der Waals surface area (Å²) in [6.07, 6.45) is 0. The lowest BCUT2D eigenvalue weighted by molar-refractivity contribution is 0.101. The third-order valence-electron chi connectivity index (χ3n) is 4.34. The van der Waals surface area contributed by atoms with Gasteiger partial charge in [0, 0.05) is 16.9 Å². The third kappa shape index (κ3) is 4.38. The van der Waals surface area contributed by atoms with Gasteiger partial charge in [0.1, 0.15) is 5.75 Å². The largest absolute Gasteiger partial charge is 0.496 e. The monoisotopic (exact) mass is 374 g/mol. The average molecular weight is 374 g/mol. The molecule has 0 heterocycles. The fourth-order valence-corrected chi connectivity index (χ4v) is 2.93. The van der Waals surface area contributed by atoms with Gasteiger partial charge in [0.15, 0.2) is 0 Å². The normalized spacial score (nSPS) is 10.2. The molecule has 0 fully saturated rings. The summed E-state index contributed by atoms with van der Waals surface area (Å²) >= 11 is 0. The summed E-state index contributed by atoms with van der Waals surface area (Å²) in [4.78, 5) is 24.9. The summed E-state index contributed by atoms with van der Waals surface area (Å²) in [5.74, 6) is 0.129. The van der Waals surface area contributed by atoms with E-state index in [0.717, 1.165) is 11.1 Å². The Morgan fingerprint density at radius 2 is 1.39 bits per heavy atom. The Kier molecular flexibility index (Phi) is 5.75. The third-order valence-corrected chi connectivity index (χ3v) is 4.34. The topological polar surface area (TPSA) is 67.4 Å². The van der Waals surface area contributed by atoms with E-state index in [0.29, 0.717) is 28.3 Å². The second kappa shape index (κ2) is 8.39. The van der Waals surface area contributed by atoms with E-state index in [2.05, 4.69) is 10.6 Å². The fourth-order valence-electron chi connectivity index (χ4n) is 2.93. The smallest absolute Gasteiger partial charge is 0.259 e. The van der Waals surface area contributed by atoms with Crippen LogP contribution in [0.25, 0.3) is 0 Å². The second-order valence-electron chi connectivity index (χ2n) is 6.51. The van der Waals surface area contributed by atoms with Crippen molar-refractivity contribution >= 4 is 23.2 Å². The van der Waals surface area contributed by atoms with Crippen LogP contribution in [0.2, 0.25) is 0 Å². The number of carbonyl (C=O) groups is 2. The first-order valence-electron chi connectivity index (χ1n) is 8.91. The maximum Gasteiger partial charge on any atom is 0.259 e. The fraction of sp³-hybridized carbons (Fsp3) is 0.130. The molecule has 3 rings (SSSR count). The Bertz CT molecular complexity index is 1010. The molecule has 2 amide bonds. The minimum atomic E-state index is -0.253. The van der Waals surface area contributed by atoms with Crippen LogP contribution in [-0.2, 0) is 0 Å². The number of ether oxygens (including phenoxy) is 1. The molecule has 0 aliphatic heterocycles. The lowest BCUT2D eigenvalue weighted by Crippen LogP contribution is -2.14. The Morgan fingerprint density at radius 3 is 2.00 bits per heavy atom. The van der Waals surface area contributed by atoms with Crippen LogP contribution in [0.1, 0.15) is 31.8 Å². The van der Waals surface area contributed by atoms with Crippen molar-refractivity contribution in [2.24, 2.45) is 0 Å². The molecule has 2 N–H and O–H groups in total. The number of amides is 2. The summed E-state index contributed by atoms with van der Waals surface area (Å²) in [6, 6.07) is 19.8. The maximum atomic E-state index is 12.6. The molecule has 5 heteroatoms. The van der Waals surface area contributed by atoms with Crippen molar-refractivity contribution in [1.29, 1.82) is 0 Å². The van der Waals surface area contributed by atoms with Gasteiger partial charge >= 0.3 is 0 Å². The van der Waals surface area contributed by atoms with Crippen molar-refractivity contribution in [3.63, 3.8) is 0 Å². The number of hydrogen-bond acceptors (Lipinski definition) is 3. The highest BCUT2D eigenvalue weighted by molar-refractivity contribution is 6.07. The molecule has 0 spiro atoms. The zero-order chi connectivity index (χ0) is 20.1. The zero-order valence-corrected chi connectivity index (χ0v) is 16.1. The van der Waals surface area contributed by atoms with Crippen molar-refractivity contribution in [3.8, 4) is 5.75 Å². The predicted octanol–water partition coefficient (Wildman–Crippen LogP) is 4.82. The number of hydrogen-bond donors (Lipinski definition) is 2. The van der Waals surface area contributed by atoms with Gasteiger partial charge in [0.2, 0.25) is 0 Å². The molecule has 0 saturated heterocycles. The molecule has 3 aromatic carbocycles. The molecule has 0 aromatic heterocycles. The Balaban J connectivity index is 1.69. The minimum Gasteiger partial charge on any atom is -0.496 e. The quantitative estimate of drug-likeness (QED) is 0.673. The lowest BCUT2D eigenvalue weighted by Gasteiger charge is -2.12. The zero-order valence-electron chi connectivity index (χ0n) is 16.1. The molecule has 142 valence electrons. The first-order chi connectivity index (χ1) is 13.5. The Morgan fingerprint density at radius 1 is 0.786 bits per heavy atom. The van der Waals surface area contributed by atoms with Crippen molar-refractivity contribution in [1.82, 2.24) is 0 Å². The van der Waals surface area contributed by atoms with Gasteiger partial charge < -0.3 is 15.4 Å². The van der Waals surface area contributed by atoms with Crippen LogP contribution in [0.15, 0.2) is 66.7 Å². The van der Waals surface area contributed by atoms with Gasteiger partial charge in [-0.3, -0.25) is 9.59 Å². The van der Waals surface area contributed by atoms with Crippen LogP contribution in [0.3, 0.4) is 0 Å². The average Bonchev–Trinajstić information content (AvgIpc) is 2.69. The van der Waals surface area contributed by atoms with Gasteiger partial charge in [-0.15, -0.1) is 0 Å². The van der Waals surface area contributed by atoms with E-state index in [9.17, 15) is 9.59 Å². The molecule has 0 radical (unpaired) electrons.